The highest BCUT2D eigenvalue weighted by Gasteiger charge is 2.43. The number of hydrogen-bond donors (Lipinski definition) is 0. The van der Waals surface area contributed by atoms with Crippen molar-refractivity contribution in [1.29, 1.82) is 0 Å². The lowest BCUT2D eigenvalue weighted by atomic mass is 9.64. The second-order valence-electron chi connectivity index (χ2n) is 12.8. The number of esters is 1. The van der Waals surface area contributed by atoms with Gasteiger partial charge in [-0.2, -0.15) is 0 Å². The van der Waals surface area contributed by atoms with Crippen LogP contribution in [0.25, 0.3) is 10.9 Å². The molecule has 0 unspecified atom stereocenters. The van der Waals surface area contributed by atoms with Crippen molar-refractivity contribution in [2.75, 3.05) is 0 Å². The Morgan fingerprint density at radius 3 is 2.36 bits per heavy atom. The summed E-state index contributed by atoms with van der Waals surface area (Å²) in [6, 6.07) is 33.6. The van der Waals surface area contributed by atoms with Crippen molar-refractivity contribution in [2.24, 2.45) is 18.9 Å². The van der Waals surface area contributed by atoms with Gasteiger partial charge in [0, 0.05) is 48.5 Å². The molecule has 6 rings (SSSR count). The summed E-state index contributed by atoms with van der Waals surface area (Å²) in [5.74, 6) is 0.0627. The predicted octanol–water partition coefficient (Wildman–Crippen LogP) is 8.49. The summed E-state index contributed by atoms with van der Waals surface area (Å²) >= 11 is 0. The first-order valence-corrected chi connectivity index (χ1v) is 15.3. The Labute approximate surface area is 250 Å². The van der Waals surface area contributed by atoms with Crippen LogP contribution in [0.3, 0.4) is 0 Å². The average molecular weight is 559 g/mol. The standard InChI is InChI=1S/C38H42N2O2/c1-27-21-22-32(38(2,3)29-16-9-6-10-17-29)35(24-27)42-37(41)36(31-26-39(4)33-19-12-11-18-30(31)33)34-20-13-23-40(34)25-28-14-7-5-8-15-28/h5-20,23,26-27,32,35-36H,21-22,24-25H2,1-4H3/t27-,32-,35-,36-/m1/s1. The molecule has 4 atom stereocenters. The van der Waals surface area contributed by atoms with Crippen molar-refractivity contribution in [1.82, 2.24) is 9.13 Å². The van der Waals surface area contributed by atoms with E-state index in [1.807, 2.05) is 12.1 Å². The number of fused-ring (bicyclic) bond motifs is 1. The smallest absolute Gasteiger partial charge is 0.319 e. The summed E-state index contributed by atoms with van der Waals surface area (Å²) in [5, 5.41) is 1.09. The first kappa shape index (κ1) is 28.1. The van der Waals surface area contributed by atoms with Crippen molar-refractivity contribution < 1.29 is 9.53 Å². The van der Waals surface area contributed by atoms with Gasteiger partial charge in [-0.15, -0.1) is 0 Å². The minimum atomic E-state index is -0.535. The summed E-state index contributed by atoms with van der Waals surface area (Å²) in [6.45, 7) is 7.62. The van der Waals surface area contributed by atoms with Gasteiger partial charge in [-0.3, -0.25) is 4.79 Å². The molecule has 5 aromatic rings. The van der Waals surface area contributed by atoms with Crippen LogP contribution < -0.4 is 0 Å². The number of carbonyl (C=O) groups excluding carboxylic acids is 1. The lowest BCUT2D eigenvalue weighted by molar-refractivity contribution is -0.157. The number of para-hydroxylation sites is 1. The van der Waals surface area contributed by atoms with Crippen LogP contribution in [0.2, 0.25) is 0 Å². The molecule has 0 N–H and O–H groups in total. The Hall–Kier alpha value is -4.05. The van der Waals surface area contributed by atoms with Crippen LogP contribution in [0.5, 0.6) is 0 Å². The van der Waals surface area contributed by atoms with Gasteiger partial charge < -0.3 is 13.9 Å². The van der Waals surface area contributed by atoms with Gasteiger partial charge in [0.15, 0.2) is 0 Å². The fourth-order valence-corrected chi connectivity index (χ4v) is 7.21. The number of ether oxygens (including phenoxy) is 1. The largest absolute Gasteiger partial charge is 0.461 e. The minimum Gasteiger partial charge on any atom is -0.461 e. The highest BCUT2D eigenvalue weighted by atomic mass is 16.5. The van der Waals surface area contributed by atoms with Crippen LogP contribution >= 0.6 is 0 Å². The Kier molecular flexibility index (Phi) is 7.81. The van der Waals surface area contributed by atoms with Crippen LogP contribution in [0, 0.1) is 11.8 Å². The first-order chi connectivity index (χ1) is 20.3. The summed E-state index contributed by atoms with van der Waals surface area (Å²) < 4.78 is 11.1. The van der Waals surface area contributed by atoms with Gasteiger partial charge in [-0.05, 0) is 59.1 Å². The molecule has 2 heterocycles. The number of hydrogen-bond acceptors (Lipinski definition) is 2. The van der Waals surface area contributed by atoms with Crippen molar-refractivity contribution in [3.63, 3.8) is 0 Å². The molecule has 3 aromatic carbocycles. The molecule has 0 saturated heterocycles. The van der Waals surface area contributed by atoms with E-state index in [9.17, 15) is 4.79 Å². The molecule has 4 heteroatoms. The van der Waals surface area contributed by atoms with Gasteiger partial charge in [-0.1, -0.05) is 106 Å². The molecule has 2 aromatic heterocycles. The minimum absolute atomic E-state index is 0.116. The lowest BCUT2D eigenvalue weighted by Gasteiger charge is -2.44. The number of aryl methyl sites for hydroxylation is 1. The summed E-state index contributed by atoms with van der Waals surface area (Å²) in [4.78, 5) is 14.6. The summed E-state index contributed by atoms with van der Waals surface area (Å²) in [5.41, 5.74) is 5.45. The van der Waals surface area contributed by atoms with Gasteiger partial charge in [0.1, 0.15) is 12.0 Å². The third-order valence-corrected chi connectivity index (χ3v) is 9.60. The third-order valence-electron chi connectivity index (χ3n) is 9.60. The second-order valence-corrected chi connectivity index (χ2v) is 12.8. The van der Waals surface area contributed by atoms with E-state index in [0.29, 0.717) is 12.5 Å². The molecule has 1 fully saturated rings. The number of nitrogens with zero attached hydrogens (tertiary/aromatic N) is 2. The SMILES string of the molecule is C[C@@H]1CC[C@@H](C(C)(C)c2ccccc2)[C@H](OC(=O)[C@H](c2cn(C)c3ccccc23)c2cccn2Cc2ccccc2)C1. The molecule has 1 aliphatic rings. The Balaban J connectivity index is 1.40. The molecule has 216 valence electrons. The van der Waals surface area contributed by atoms with Crippen molar-refractivity contribution >= 4 is 16.9 Å². The number of rotatable bonds is 8. The maximum absolute atomic E-state index is 14.6. The maximum Gasteiger partial charge on any atom is 0.319 e. The van der Waals surface area contributed by atoms with Crippen LogP contribution in [-0.2, 0) is 28.5 Å². The molecular weight excluding hydrogens is 516 g/mol. The second kappa shape index (κ2) is 11.7. The Bertz CT molecular complexity index is 1650. The van der Waals surface area contributed by atoms with E-state index in [1.54, 1.807) is 0 Å². The van der Waals surface area contributed by atoms with Crippen LogP contribution in [-0.4, -0.2) is 21.2 Å². The summed E-state index contributed by atoms with van der Waals surface area (Å²) in [6.07, 6.45) is 7.14. The Morgan fingerprint density at radius 1 is 0.905 bits per heavy atom. The van der Waals surface area contributed by atoms with E-state index >= 15 is 0 Å². The predicted molar refractivity (Wildman–Crippen MR) is 171 cm³/mol. The van der Waals surface area contributed by atoms with Gasteiger partial charge in [0.2, 0.25) is 0 Å². The van der Waals surface area contributed by atoms with E-state index in [4.69, 9.17) is 4.74 Å². The van der Waals surface area contributed by atoms with E-state index < -0.39 is 5.92 Å². The fourth-order valence-electron chi connectivity index (χ4n) is 7.21. The molecule has 0 bridgehead atoms. The highest BCUT2D eigenvalue weighted by Crippen LogP contribution is 2.44. The van der Waals surface area contributed by atoms with Gasteiger partial charge in [0.05, 0.1) is 0 Å². The molecule has 42 heavy (non-hydrogen) atoms. The zero-order chi connectivity index (χ0) is 29.3. The molecule has 4 nitrogen and oxygen atoms in total. The first-order valence-electron chi connectivity index (χ1n) is 15.3. The van der Waals surface area contributed by atoms with Gasteiger partial charge >= 0.3 is 5.97 Å². The molecule has 1 aliphatic carbocycles. The highest BCUT2D eigenvalue weighted by molar-refractivity contribution is 5.92. The number of carbonyl (C=O) groups is 1. The van der Waals surface area contributed by atoms with Crippen LogP contribution in [0.1, 0.15) is 68.3 Å². The van der Waals surface area contributed by atoms with E-state index in [2.05, 4.69) is 134 Å². The molecule has 0 aliphatic heterocycles. The van der Waals surface area contributed by atoms with Crippen molar-refractivity contribution in [2.45, 2.75) is 64.0 Å². The quantitative estimate of drug-likeness (QED) is 0.179. The van der Waals surface area contributed by atoms with Crippen LogP contribution in [0.4, 0.5) is 0 Å². The monoisotopic (exact) mass is 558 g/mol. The van der Waals surface area contributed by atoms with E-state index in [0.717, 1.165) is 41.4 Å². The zero-order valence-corrected chi connectivity index (χ0v) is 25.2. The third kappa shape index (κ3) is 5.43. The van der Waals surface area contributed by atoms with Crippen molar-refractivity contribution in [3.05, 3.63) is 132 Å². The number of aromatic nitrogens is 2. The van der Waals surface area contributed by atoms with E-state index in [-0.39, 0.29) is 23.4 Å². The molecule has 0 radical (unpaired) electrons. The maximum atomic E-state index is 14.6. The van der Waals surface area contributed by atoms with Gasteiger partial charge in [-0.25, -0.2) is 0 Å². The molecular formula is C38H42N2O2. The van der Waals surface area contributed by atoms with Crippen molar-refractivity contribution in [3.8, 4) is 0 Å². The zero-order valence-electron chi connectivity index (χ0n) is 25.2. The lowest BCUT2D eigenvalue weighted by Crippen LogP contribution is -2.44. The van der Waals surface area contributed by atoms with E-state index in [1.165, 1.54) is 11.1 Å². The van der Waals surface area contributed by atoms with Crippen LogP contribution in [0.15, 0.2) is 109 Å². The topological polar surface area (TPSA) is 36.2 Å². The molecule has 1 saturated carbocycles. The number of benzene rings is 3. The normalized spacial score (nSPS) is 20.0. The molecule has 0 spiro atoms. The average Bonchev–Trinajstić information content (AvgIpc) is 3.58. The fraction of sp³-hybridized carbons (Fsp3) is 0.342. The molecule has 0 amide bonds. The van der Waals surface area contributed by atoms with Gasteiger partial charge in [0.25, 0.3) is 0 Å². The Morgan fingerprint density at radius 2 is 1.60 bits per heavy atom. The summed E-state index contributed by atoms with van der Waals surface area (Å²) in [7, 11) is 2.05.